The topological polar surface area (TPSA) is 95.8 Å². The number of anilines is 1. The maximum Gasteiger partial charge on any atom is 0.252 e. The highest BCUT2D eigenvalue weighted by Crippen LogP contribution is 2.28. The average molecular weight is 273 g/mol. The molecule has 0 saturated carbocycles. The van der Waals surface area contributed by atoms with Crippen LogP contribution in [0.5, 0.6) is 0 Å². The first kappa shape index (κ1) is 12.9. The van der Waals surface area contributed by atoms with Crippen molar-refractivity contribution in [1.29, 1.82) is 0 Å². The summed E-state index contributed by atoms with van der Waals surface area (Å²) in [6.07, 6.45) is 4.38. The number of aromatic nitrogens is 2. The normalized spacial score (nSPS) is 22.9. The number of hydrogen-bond acceptors (Lipinski definition) is 4. The molecule has 0 spiro atoms. The van der Waals surface area contributed by atoms with E-state index in [-0.39, 0.29) is 0 Å². The van der Waals surface area contributed by atoms with E-state index in [9.17, 15) is 4.79 Å². The van der Waals surface area contributed by atoms with E-state index in [0.29, 0.717) is 17.5 Å². The molecular weight excluding hydrogens is 254 g/mol. The fourth-order valence-electron chi connectivity index (χ4n) is 2.76. The fourth-order valence-corrected chi connectivity index (χ4v) is 2.76. The lowest BCUT2D eigenvalue weighted by Crippen LogP contribution is -2.42. The van der Waals surface area contributed by atoms with E-state index in [2.05, 4.69) is 27.5 Å². The number of rotatable bonds is 3. The highest BCUT2D eigenvalue weighted by atomic mass is 16.1. The molecule has 1 fully saturated rings. The summed E-state index contributed by atoms with van der Waals surface area (Å²) in [5.74, 6) is 0.0383. The van der Waals surface area contributed by atoms with Crippen molar-refractivity contribution in [3.63, 3.8) is 0 Å². The molecule has 6 heteroatoms. The molecule has 3 rings (SSSR count). The zero-order valence-electron chi connectivity index (χ0n) is 11.4. The molecule has 1 aliphatic rings. The number of carbonyl (C=O) groups excluding carboxylic acids is 1. The van der Waals surface area contributed by atoms with Gasteiger partial charge in [0, 0.05) is 23.8 Å². The van der Waals surface area contributed by atoms with Gasteiger partial charge in [0.1, 0.15) is 5.65 Å². The lowest BCUT2D eigenvalue weighted by Gasteiger charge is -2.31. The number of fused-ring (bicyclic) bond motifs is 1. The van der Waals surface area contributed by atoms with Crippen LogP contribution in [0.4, 0.5) is 5.69 Å². The first-order valence-corrected chi connectivity index (χ1v) is 6.90. The van der Waals surface area contributed by atoms with Crippen LogP contribution < -0.4 is 16.4 Å². The molecular formula is C14H19N5O. The Balaban J connectivity index is 2.01. The molecule has 0 aromatic carbocycles. The summed E-state index contributed by atoms with van der Waals surface area (Å²) in [6, 6.07) is 2.25. The Morgan fingerprint density at radius 3 is 3.15 bits per heavy atom. The summed E-state index contributed by atoms with van der Waals surface area (Å²) in [5, 5.41) is 7.79. The summed E-state index contributed by atoms with van der Waals surface area (Å²) in [4.78, 5) is 18.9. The Bertz CT molecular complexity index is 636. The van der Waals surface area contributed by atoms with E-state index in [1.807, 2.05) is 12.3 Å². The molecule has 0 radical (unpaired) electrons. The minimum absolute atomic E-state index is 0.329. The van der Waals surface area contributed by atoms with Crippen molar-refractivity contribution in [2.24, 2.45) is 11.7 Å². The third-order valence-electron chi connectivity index (χ3n) is 3.97. The van der Waals surface area contributed by atoms with Gasteiger partial charge in [0.05, 0.1) is 11.3 Å². The number of nitrogens with zero attached hydrogens (tertiary/aromatic N) is 1. The van der Waals surface area contributed by atoms with Crippen molar-refractivity contribution in [1.82, 2.24) is 15.3 Å². The monoisotopic (exact) mass is 273 g/mol. The van der Waals surface area contributed by atoms with Gasteiger partial charge in [-0.15, -0.1) is 0 Å². The summed E-state index contributed by atoms with van der Waals surface area (Å²) < 4.78 is 0. The van der Waals surface area contributed by atoms with Crippen LogP contribution >= 0.6 is 0 Å². The molecule has 0 aliphatic carbocycles. The average Bonchev–Trinajstić information content (AvgIpc) is 2.90. The standard InChI is InChI=1S/C14H19N5O/c1-8-6-16-4-3-11(8)19-12-9-2-5-17-14(9)18-7-10(12)13(15)20/h2,5,7-8,11,16H,3-4,6H2,1H3,(H2,15,20)(H2,17,18,19)/t8-,11+/m1/s1. The van der Waals surface area contributed by atoms with Crippen molar-refractivity contribution >= 4 is 22.6 Å². The number of nitrogens with one attached hydrogen (secondary N) is 3. The summed E-state index contributed by atoms with van der Waals surface area (Å²) in [7, 11) is 0. The van der Waals surface area contributed by atoms with Crippen molar-refractivity contribution in [3.05, 3.63) is 24.0 Å². The fraction of sp³-hybridized carbons (Fsp3) is 0.429. The van der Waals surface area contributed by atoms with Crippen molar-refractivity contribution < 1.29 is 4.79 Å². The maximum atomic E-state index is 11.6. The number of carbonyl (C=O) groups is 1. The maximum absolute atomic E-state index is 11.6. The molecule has 2 aromatic heterocycles. The van der Waals surface area contributed by atoms with Crippen LogP contribution in [0.25, 0.3) is 11.0 Å². The van der Waals surface area contributed by atoms with Crippen molar-refractivity contribution in [3.8, 4) is 0 Å². The molecule has 1 aliphatic heterocycles. The predicted octanol–water partition coefficient (Wildman–Crippen LogP) is 1.07. The van der Waals surface area contributed by atoms with Crippen LogP contribution in [-0.4, -0.2) is 35.0 Å². The Labute approximate surface area is 117 Å². The third kappa shape index (κ3) is 2.22. The quantitative estimate of drug-likeness (QED) is 0.672. The molecule has 1 saturated heterocycles. The van der Waals surface area contributed by atoms with Gasteiger partial charge in [0.25, 0.3) is 5.91 Å². The van der Waals surface area contributed by atoms with Crippen molar-refractivity contribution in [2.75, 3.05) is 18.4 Å². The van der Waals surface area contributed by atoms with Gasteiger partial charge in [-0.3, -0.25) is 4.79 Å². The van der Waals surface area contributed by atoms with E-state index >= 15 is 0 Å². The molecule has 0 unspecified atom stereocenters. The Kier molecular flexibility index (Phi) is 3.31. The number of pyridine rings is 1. The number of aromatic amines is 1. The number of H-pyrrole nitrogens is 1. The molecule has 6 nitrogen and oxygen atoms in total. The molecule has 1 amide bonds. The highest BCUT2D eigenvalue weighted by molar-refractivity contribution is 6.05. The second-order valence-corrected chi connectivity index (χ2v) is 5.37. The van der Waals surface area contributed by atoms with E-state index < -0.39 is 5.91 Å². The highest BCUT2D eigenvalue weighted by Gasteiger charge is 2.23. The molecule has 3 heterocycles. The van der Waals surface area contributed by atoms with Crippen LogP contribution in [0.3, 0.4) is 0 Å². The summed E-state index contributed by atoms with van der Waals surface area (Å²) in [5.41, 5.74) is 7.48. The van der Waals surface area contributed by atoms with E-state index in [1.54, 1.807) is 0 Å². The summed E-state index contributed by atoms with van der Waals surface area (Å²) >= 11 is 0. The number of nitrogens with two attached hydrogens (primary N) is 1. The third-order valence-corrected chi connectivity index (χ3v) is 3.97. The number of piperidine rings is 1. The predicted molar refractivity (Wildman–Crippen MR) is 78.7 cm³/mol. The Morgan fingerprint density at radius 2 is 2.40 bits per heavy atom. The lowest BCUT2D eigenvalue weighted by molar-refractivity contribution is 0.100. The van der Waals surface area contributed by atoms with Gasteiger partial charge in [-0.25, -0.2) is 4.98 Å². The van der Waals surface area contributed by atoms with Gasteiger partial charge in [-0.2, -0.15) is 0 Å². The first-order chi connectivity index (χ1) is 9.66. The van der Waals surface area contributed by atoms with Gasteiger partial charge < -0.3 is 21.4 Å². The Hall–Kier alpha value is -2.08. The number of primary amides is 1. The van der Waals surface area contributed by atoms with Gasteiger partial charge in [-0.05, 0) is 31.5 Å². The zero-order valence-corrected chi connectivity index (χ0v) is 11.4. The first-order valence-electron chi connectivity index (χ1n) is 6.90. The van der Waals surface area contributed by atoms with Gasteiger partial charge in [0.2, 0.25) is 0 Å². The van der Waals surface area contributed by atoms with Crippen LogP contribution in [0.1, 0.15) is 23.7 Å². The van der Waals surface area contributed by atoms with E-state index in [1.165, 1.54) is 6.20 Å². The smallest absolute Gasteiger partial charge is 0.252 e. The largest absolute Gasteiger partial charge is 0.381 e. The van der Waals surface area contributed by atoms with Gasteiger partial charge >= 0.3 is 0 Å². The van der Waals surface area contributed by atoms with Crippen LogP contribution in [0, 0.1) is 5.92 Å². The van der Waals surface area contributed by atoms with E-state index in [4.69, 9.17) is 5.73 Å². The number of amides is 1. The number of hydrogen-bond donors (Lipinski definition) is 4. The van der Waals surface area contributed by atoms with Gasteiger partial charge in [0.15, 0.2) is 0 Å². The molecule has 2 atom stereocenters. The van der Waals surface area contributed by atoms with Crippen LogP contribution in [0.15, 0.2) is 18.5 Å². The molecule has 0 bridgehead atoms. The Morgan fingerprint density at radius 1 is 1.55 bits per heavy atom. The molecule has 2 aromatic rings. The van der Waals surface area contributed by atoms with Crippen LogP contribution in [0.2, 0.25) is 0 Å². The van der Waals surface area contributed by atoms with Crippen molar-refractivity contribution in [2.45, 2.75) is 19.4 Å². The second kappa shape index (κ2) is 5.13. The molecule has 5 N–H and O–H groups in total. The minimum atomic E-state index is -0.454. The lowest BCUT2D eigenvalue weighted by atomic mass is 9.94. The molecule has 20 heavy (non-hydrogen) atoms. The van der Waals surface area contributed by atoms with Gasteiger partial charge in [-0.1, -0.05) is 6.92 Å². The van der Waals surface area contributed by atoms with E-state index in [0.717, 1.165) is 36.2 Å². The zero-order chi connectivity index (χ0) is 14.1. The SMILES string of the molecule is C[C@@H]1CNCC[C@@H]1Nc1c(C(N)=O)cnc2[nH]ccc12. The molecule has 106 valence electrons. The minimum Gasteiger partial charge on any atom is -0.381 e. The van der Waals surface area contributed by atoms with Crippen LogP contribution in [-0.2, 0) is 0 Å². The summed E-state index contributed by atoms with van der Waals surface area (Å²) in [6.45, 7) is 4.16. The second-order valence-electron chi connectivity index (χ2n) is 5.37.